The summed E-state index contributed by atoms with van der Waals surface area (Å²) < 4.78 is 0. The fourth-order valence-electron chi connectivity index (χ4n) is 2.70. The Kier molecular flexibility index (Phi) is 4.95. The highest BCUT2D eigenvalue weighted by atomic mass is 35.5. The Morgan fingerprint density at radius 1 is 1.25 bits per heavy atom. The molecular weight excluding hydrogens is 295 g/mol. The summed E-state index contributed by atoms with van der Waals surface area (Å²) in [6, 6.07) is 5.40. The quantitative estimate of drug-likeness (QED) is 0.928. The van der Waals surface area contributed by atoms with Crippen molar-refractivity contribution in [3.05, 3.63) is 33.8 Å². The van der Waals surface area contributed by atoms with Gasteiger partial charge in [0.25, 0.3) is 0 Å². The van der Waals surface area contributed by atoms with E-state index in [9.17, 15) is 4.79 Å². The smallest absolute Gasteiger partial charge is 0.228 e. The predicted octanol–water partition coefficient (Wildman–Crippen LogP) is 3.34. The lowest BCUT2D eigenvalue weighted by Gasteiger charge is -2.36. The van der Waals surface area contributed by atoms with Gasteiger partial charge in [0.05, 0.1) is 0 Å². The van der Waals surface area contributed by atoms with E-state index in [-0.39, 0.29) is 11.3 Å². The molecule has 0 unspecified atom stereocenters. The molecule has 0 aromatic heterocycles. The van der Waals surface area contributed by atoms with E-state index < -0.39 is 0 Å². The number of rotatable bonds is 3. The molecular formula is C15H20Cl2N2O. The van der Waals surface area contributed by atoms with E-state index >= 15 is 0 Å². The summed E-state index contributed by atoms with van der Waals surface area (Å²) in [5, 5.41) is 4.49. The van der Waals surface area contributed by atoms with Crippen LogP contribution in [0.15, 0.2) is 18.2 Å². The highest BCUT2D eigenvalue weighted by molar-refractivity contribution is 6.34. The van der Waals surface area contributed by atoms with Crippen molar-refractivity contribution in [2.75, 3.05) is 20.1 Å². The number of nitrogens with one attached hydrogen (secondary N) is 1. The average Bonchev–Trinajstić information content (AvgIpc) is 2.37. The van der Waals surface area contributed by atoms with Gasteiger partial charge < -0.3 is 10.2 Å². The molecule has 1 heterocycles. The van der Waals surface area contributed by atoms with Crippen molar-refractivity contribution < 1.29 is 4.79 Å². The molecule has 0 spiro atoms. The molecule has 0 radical (unpaired) electrons. The van der Waals surface area contributed by atoms with Crippen molar-refractivity contribution in [2.24, 2.45) is 5.41 Å². The summed E-state index contributed by atoms with van der Waals surface area (Å²) in [7, 11) is 1.84. The molecule has 1 N–H and O–H groups in total. The van der Waals surface area contributed by atoms with E-state index in [1.54, 1.807) is 11.0 Å². The summed E-state index contributed by atoms with van der Waals surface area (Å²) in [6.07, 6.45) is 1.76. The lowest BCUT2D eigenvalue weighted by atomic mass is 9.79. The van der Waals surface area contributed by atoms with Gasteiger partial charge in [-0.3, -0.25) is 4.79 Å². The van der Waals surface area contributed by atoms with E-state index in [4.69, 9.17) is 23.2 Å². The van der Waals surface area contributed by atoms with Crippen molar-refractivity contribution in [2.45, 2.75) is 26.3 Å². The van der Waals surface area contributed by atoms with Gasteiger partial charge in [-0.2, -0.15) is 0 Å². The van der Waals surface area contributed by atoms with Crippen LogP contribution in [0.3, 0.4) is 0 Å². The number of hydrogen-bond donors (Lipinski definition) is 1. The topological polar surface area (TPSA) is 32.3 Å². The number of amides is 1. The van der Waals surface area contributed by atoms with Crippen LogP contribution in [-0.2, 0) is 11.3 Å². The van der Waals surface area contributed by atoms with Gasteiger partial charge in [-0.15, -0.1) is 0 Å². The average molecular weight is 315 g/mol. The minimum Gasteiger partial charge on any atom is -0.341 e. The molecule has 0 bridgehead atoms. The molecule has 20 heavy (non-hydrogen) atoms. The molecule has 2 rings (SSSR count). The van der Waals surface area contributed by atoms with Gasteiger partial charge in [-0.05, 0) is 49.7 Å². The molecule has 1 aromatic rings. The van der Waals surface area contributed by atoms with Crippen LogP contribution in [0.25, 0.3) is 0 Å². The lowest BCUT2D eigenvalue weighted by Crippen LogP contribution is -2.46. The fraction of sp³-hybridized carbons (Fsp3) is 0.533. The maximum atomic E-state index is 12.6. The third kappa shape index (κ3) is 3.66. The highest BCUT2D eigenvalue weighted by Crippen LogP contribution is 2.30. The van der Waals surface area contributed by atoms with Crippen molar-refractivity contribution in [1.82, 2.24) is 10.2 Å². The fourth-order valence-corrected chi connectivity index (χ4v) is 3.27. The maximum absolute atomic E-state index is 12.6. The maximum Gasteiger partial charge on any atom is 0.228 e. The normalized spacial score (nSPS) is 17.8. The molecule has 0 saturated carbocycles. The monoisotopic (exact) mass is 314 g/mol. The lowest BCUT2D eigenvalue weighted by molar-refractivity contribution is -0.141. The first-order valence-corrected chi connectivity index (χ1v) is 7.57. The van der Waals surface area contributed by atoms with Gasteiger partial charge >= 0.3 is 0 Å². The summed E-state index contributed by atoms with van der Waals surface area (Å²) in [5.74, 6) is 0.190. The van der Waals surface area contributed by atoms with Crippen LogP contribution >= 0.6 is 23.2 Å². The zero-order valence-electron chi connectivity index (χ0n) is 11.9. The molecule has 1 aromatic carbocycles. The van der Waals surface area contributed by atoms with Crippen LogP contribution in [-0.4, -0.2) is 30.9 Å². The summed E-state index contributed by atoms with van der Waals surface area (Å²) in [6.45, 7) is 4.39. The van der Waals surface area contributed by atoms with Crippen molar-refractivity contribution in [3.63, 3.8) is 0 Å². The van der Waals surface area contributed by atoms with E-state index in [0.717, 1.165) is 31.5 Å². The van der Waals surface area contributed by atoms with Crippen LogP contribution in [0.2, 0.25) is 10.0 Å². The van der Waals surface area contributed by atoms with Gasteiger partial charge in [-0.1, -0.05) is 30.1 Å². The third-order valence-corrected chi connectivity index (χ3v) is 4.35. The van der Waals surface area contributed by atoms with Crippen LogP contribution in [0.1, 0.15) is 25.3 Å². The van der Waals surface area contributed by atoms with Crippen LogP contribution in [0, 0.1) is 5.41 Å². The van der Waals surface area contributed by atoms with Crippen LogP contribution in [0.5, 0.6) is 0 Å². The zero-order chi connectivity index (χ0) is 14.8. The molecule has 1 aliphatic heterocycles. The Balaban J connectivity index is 2.07. The third-order valence-electron chi connectivity index (χ3n) is 3.91. The van der Waals surface area contributed by atoms with Crippen molar-refractivity contribution >= 4 is 29.1 Å². The highest BCUT2D eigenvalue weighted by Gasteiger charge is 2.36. The number of hydrogen-bond acceptors (Lipinski definition) is 2. The second-order valence-corrected chi connectivity index (χ2v) is 6.62. The van der Waals surface area contributed by atoms with E-state index in [1.807, 2.05) is 19.2 Å². The van der Waals surface area contributed by atoms with Gasteiger partial charge in [0.2, 0.25) is 5.91 Å². The van der Waals surface area contributed by atoms with Gasteiger partial charge in [0.1, 0.15) is 0 Å². The van der Waals surface area contributed by atoms with E-state index in [1.165, 1.54) is 0 Å². The number of piperidine rings is 1. The molecule has 1 amide bonds. The number of nitrogens with zero attached hydrogens (tertiary/aromatic N) is 1. The Hall–Kier alpha value is -0.770. The minimum absolute atomic E-state index is 0.190. The molecule has 1 saturated heterocycles. The van der Waals surface area contributed by atoms with Crippen LogP contribution < -0.4 is 5.32 Å². The second kappa shape index (κ2) is 6.33. The van der Waals surface area contributed by atoms with E-state index in [2.05, 4.69) is 12.2 Å². The number of carbonyl (C=O) groups is 1. The minimum atomic E-state index is -0.262. The predicted molar refractivity (Wildman–Crippen MR) is 83.1 cm³/mol. The van der Waals surface area contributed by atoms with E-state index in [0.29, 0.717) is 16.6 Å². The SMILES string of the molecule is CN(Cc1cc(Cl)cc(Cl)c1)C(=O)C1(C)CCNCC1. The number of benzene rings is 1. The van der Waals surface area contributed by atoms with Crippen molar-refractivity contribution in [1.29, 1.82) is 0 Å². The molecule has 1 fully saturated rings. The zero-order valence-corrected chi connectivity index (χ0v) is 13.4. The standard InChI is InChI=1S/C15H20Cl2N2O/c1-15(3-5-18-6-4-15)14(20)19(2)10-11-7-12(16)9-13(17)8-11/h7-9,18H,3-6,10H2,1-2H3. The Bertz CT molecular complexity index is 478. The summed E-state index contributed by atoms with van der Waals surface area (Å²) >= 11 is 12.0. The Morgan fingerprint density at radius 2 is 1.80 bits per heavy atom. The summed E-state index contributed by atoms with van der Waals surface area (Å²) in [4.78, 5) is 14.4. The molecule has 5 heteroatoms. The summed E-state index contributed by atoms with van der Waals surface area (Å²) in [5.41, 5.74) is 0.693. The first kappa shape index (κ1) is 15.6. The largest absolute Gasteiger partial charge is 0.341 e. The van der Waals surface area contributed by atoms with Gasteiger partial charge in [-0.25, -0.2) is 0 Å². The second-order valence-electron chi connectivity index (χ2n) is 5.75. The number of halogens is 2. The van der Waals surface area contributed by atoms with Crippen LogP contribution in [0.4, 0.5) is 0 Å². The first-order chi connectivity index (χ1) is 9.40. The van der Waals surface area contributed by atoms with Gasteiger partial charge in [0.15, 0.2) is 0 Å². The molecule has 0 aliphatic carbocycles. The number of carbonyl (C=O) groups excluding carboxylic acids is 1. The Morgan fingerprint density at radius 3 is 2.35 bits per heavy atom. The first-order valence-electron chi connectivity index (χ1n) is 6.82. The van der Waals surface area contributed by atoms with Crippen molar-refractivity contribution in [3.8, 4) is 0 Å². The molecule has 110 valence electrons. The molecule has 3 nitrogen and oxygen atoms in total. The Labute approximate surface area is 130 Å². The van der Waals surface area contributed by atoms with Gasteiger partial charge in [0, 0.05) is 29.1 Å². The molecule has 1 aliphatic rings. The molecule has 0 atom stereocenters.